The third-order valence-electron chi connectivity index (χ3n) is 4.06. The molecule has 3 N–H and O–H groups in total. The van der Waals surface area contributed by atoms with Gasteiger partial charge in [-0.05, 0) is 34.2 Å². The number of aliphatic hydroxyl groups is 1. The number of fused-ring (bicyclic) bond motifs is 3. The third-order valence-corrected chi connectivity index (χ3v) is 5.33. The van der Waals surface area contributed by atoms with Crippen molar-refractivity contribution in [3.8, 4) is 11.1 Å². The maximum absolute atomic E-state index is 9.08. The lowest BCUT2D eigenvalue weighted by Gasteiger charge is -2.15. The zero-order chi connectivity index (χ0) is 14.8. The fourth-order valence-electron chi connectivity index (χ4n) is 2.81. The first-order valence-corrected chi connectivity index (χ1v) is 8.43. The first kappa shape index (κ1) is 14.6. The molecule has 0 amide bonds. The molecule has 110 valence electrons. The van der Waals surface area contributed by atoms with Gasteiger partial charge in [-0.2, -0.15) is 11.8 Å². The van der Waals surface area contributed by atoms with Gasteiger partial charge in [0.25, 0.3) is 0 Å². The summed E-state index contributed by atoms with van der Waals surface area (Å²) in [4.78, 5) is 0. The Morgan fingerprint density at radius 1 is 1.14 bits per heavy atom. The van der Waals surface area contributed by atoms with Gasteiger partial charge < -0.3 is 10.8 Å². The molecule has 0 aromatic heterocycles. The topological polar surface area (TPSA) is 46.2 Å². The number of thioether (sulfide) groups is 1. The summed E-state index contributed by atoms with van der Waals surface area (Å²) >= 11 is 1.72. The van der Waals surface area contributed by atoms with Crippen molar-refractivity contribution < 1.29 is 5.11 Å². The summed E-state index contributed by atoms with van der Waals surface area (Å²) < 4.78 is 0. The van der Waals surface area contributed by atoms with Crippen molar-refractivity contribution in [1.82, 2.24) is 0 Å². The van der Waals surface area contributed by atoms with Gasteiger partial charge >= 0.3 is 0 Å². The van der Waals surface area contributed by atoms with E-state index in [9.17, 15) is 0 Å². The highest BCUT2D eigenvalue weighted by Gasteiger charge is 2.19. The van der Waals surface area contributed by atoms with Crippen LogP contribution in [-0.2, 0) is 6.42 Å². The van der Waals surface area contributed by atoms with Crippen LogP contribution in [0.4, 0.5) is 0 Å². The zero-order valence-corrected chi connectivity index (χ0v) is 13.1. The quantitative estimate of drug-likeness (QED) is 0.759. The lowest BCUT2D eigenvalue weighted by atomic mass is 10.0. The first-order valence-electron chi connectivity index (χ1n) is 7.38. The van der Waals surface area contributed by atoms with Gasteiger partial charge in [0, 0.05) is 17.0 Å². The average molecular weight is 299 g/mol. The van der Waals surface area contributed by atoms with Crippen LogP contribution < -0.4 is 5.73 Å². The van der Waals surface area contributed by atoms with E-state index in [1.54, 1.807) is 11.8 Å². The van der Waals surface area contributed by atoms with Gasteiger partial charge in [0.05, 0.1) is 6.61 Å². The Morgan fingerprint density at radius 2 is 1.90 bits per heavy atom. The SMILES string of the molecule is CC(CO)SCC(N)c1ccc2c(c1)Cc1ccccc1-2. The Morgan fingerprint density at radius 3 is 2.71 bits per heavy atom. The van der Waals surface area contributed by atoms with Crippen LogP contribution in [0.5, 0.6) is 0 Å². The molecule has 0 saturated carbocycles. The van der Waals surface area contributed by atoms with E-state index in [0.29, 0.717) is 0 Å². The van der Waals surface area contributed by atoms with Crippen molar-refractivity contribution in [2.24, 2.45) is 5.73 Å². The van der Waals surface area contributed by atoms with Gasteiger partial charge in [0.1, 0.15) is 0 Å². The van der Waals surface area contributed by atoms with Gasteiger partial charge in [0.15, 0.2) is 0 Å². The van der Waals surface area contributed by atoms with Crippen LogP contribution in [-0.4, -0.2) is 22.7 Å². The van der Waals surface area contributed by atoms with Crippen LogP contribution >= 0.6 is 11.8 Å². The molecule has 2 aromatic rings. The monoisotopic (exact) mass is 299 g/mol. The lowest BCUT2D eigenvalue weighted by Crippen LogP contribution is -2.16. The summed E-state index contributed by atoms with van der Waals surface area (Å²) in [7, 11) is 0. The van der Waals surface area contributed by atoms with Crippen LogP contribution in [0.1, 0.15) is 29.7 Å². The number of nitrogens with two attached hydrogens (primary N) is 1. The fourth-order valence-corrected chi connectivity index (χ4v) is 3.65. The molecule has 1 aliphatic rings. The summed E-state index contributed by atoms with van der Waals surface area (Å²) in [5.41, 5.74) is 13.0. The molecule has 0 spiro atoms. The zero-order valence-electron chi connectivity index (χ0n) is 12.3. The van der Waals surface area contributed by atoms with E-state index >= 15 is 0 Å². The third kappa shape index (κ3) is 3.00. The van der Waals surface area contributed by atoms with Crippen molar-refractivity contribution in [3.63, 3.8) is 0 Å². The van der Waals surface area contributed by atoms with Crippen LogP contribution in [0.25, 0.3) is 11.1 Å². The molecule has 1 aliphatic carbocycles. The summed E-state index contributed by atoms with van der Waals surface area (Å²) in [5.74, 6) is 0.841. The number of rotatable bonds is 5. The van der Waals surface area contributed by atoms with Crippen molar-refractivity contribution >= 4 is 11.8 Å². The van der Waals surface area contributed by atoms with E-state index in [-0.39, 0.29) is 17.9 Å². The number of hydrogen-bond donors (Lipinski definition) is 2. The summed E-state index contributed by atoms with van der Waals surface area (Å²) in [6.07, 6.45) is 1.01. The van der Waals surface area contributed by atoms with E-state index in [4.69, 9.17) is 10.8 Å². The Hall–Kier alpha value is -1.29. The van der Waals surface area contributed by atoms with Gasteiger partial charge in [-0.3, -0.25) is 0 Å². The van der Waals surface area contributed by atoms with Gasteiger partial charge in [-0.1, -0.05) is 49.4 Å². The Labute approximate surface area is 130 Å². The molecular weight excluding hydrogens is 278 g/mol. The van der Waals surface area contributed by atoms with E-state index < -0.39 is 0 Å². The molecule has 2 nitrogen and oxygen atoms in total. The largest absolute Gasteiger partial charge is 0.395 e. The number of benzene rings is 2. The van der Waals surface area contributed by atoms with Crippen molar-refractivity contribution in [2.75, 3.05) is 12.4 Å². The molecular formula is C18H21NOS. The Bertz CT molecular complexity index is 641. The normalized spacial score (nSPS) is 15.4. The number of aliphatic hydroxyl groups excluding tert-OH is 1. The van der Waals surface area contributed by atoms with Gasteiger partial charge in [-0.15, -0.1) is 0 Å². The minimum Gasteiger partial charge on any atom is -0.395 e. The summed E-state index contributed by atoms with van der Waals surface area (Å²) in [6, 6.07) is 15.2. The number of hydrogen-bond acceptors (Lipinski definition) is 3. The second kappa shape index (κ2) is 6.22. The molecule has 21 heavy (non-hydrogen) atoms. The van der Waals surface area contributed by atoms with Crippen LogP contribution in [0.2, 0.25) is 0 Å². The van der Waals surface area contributed by atoms with E-state index in [2.05, 4.69) is 42.5 Å². The van der Waals surface area contributed by atoms with E-state index in [1.165, 1.54) is 27.8 Å². The lowest BCUT2D eigenvalue weighted by molar-refractivity contribution is 0.300. The standard InChI is InChI=1S/C18H21NOS/c1-12(10-20)21-11-18(19)14-6-7-17-15(9-14)8-13-4-2-3-5-16(13)17/h2-7,9,12,18,20H,8,10-11,19H2,1H3. The molecule has 2 atom stereocenters. The predicted molar refractivity (Wildman–Crippen MR) is 90.6 cm³/mol. The smallest absolute Gasteiger partial charge is 0.0547 e. The maximum Gasteiger partial charge on any atom is 0.0547 e. The summed E-state index contributed by atoms with van der Waals surface area (Å²) in [5, 5.41) is 9.33. The fraction of sp³-hybridized carbons (Fsp3) is 0.333. The highest BCUT2D eigenvalue weighted by Crippen LogP contribution is 2.37. The van der Waals surface area contributed by atoms with Crippen LogP contribution in [0.3, 0.4) is 0 Å². The minimum absolute atomic E-state index is 0.0259. The highest BCUT2D eigenvalue weighted by molar-refractivity contribution is 7.99. The predicted octanol–water partition coefficient (Wildman–Crippen LogP) is 3.37. The molecule has 0 saturated heterocycles. The van der Waals surface area contributed by atoms with Crippen LogP contribution in [0.15, 0.2) is 42.5 Å². The molecule has 2 unspecified atom stereocenters. The van der Waals surface area contributed by atoms with E-state index in [0.717, 1.165) is 12.2 Å². The molecule has 0 radical (unpaired) electrons. The molecule has 0 heterocycles. The van der Waals surface area contributed by atoms with Crippen LogP contribution in [0, 0.1) is 0 Å². The van der Waals surface area contributed by atoms with Gasteiger partial charge in [-0.25, -0.2) is 0 Å². The van der Waals surface area contributed by atoms with Crippen molar-refractivity contribution in [1.29, 1.82) is 0 Å². The molecule has 2 aromatic carbocycles. The van der Waals surface area contributed by atoms with Gasteiger partial charge in [0.2, 0.25) is 0 Å². The molecule has 0 bridgehead atoms. The molecule has 0 fully saturated rings. The van der Waals surface area contributed by atoms with Crippen molar-refractivity contribution in [3.05, 3.63) is 59.2 Å². The maximum atomic E-state index is 9.08. The minimum atomic E-state index is 0.0259. The Kier molecular flexibility index (Phi) is 4.34. The summed E-state index contributed by atoms with van der Waals surface area (Å²) in [6.45, 7) is 2.23. The average Bonchev–Trinajstić information content (AvgIpc) is 2.89. The Balaban J connectivity index is 1.77. The molecule has 3 heteroatoms. The second-order valence-electron chi connectivity index (χ2n) is 5.68. The first-order chi connectivity index (χ1) is 10.2. The molecule has 3 rings (SSSR count). The van der Waals surface area contributed by atoms with Crippen molar-refractivity contribution in [2.45, 2.75) is 24.6 Å². The highest BCUT2D eigenvalue weighted by atomic mass is 32.2. The molecule has 0 aliphatic heterocycles. The second-order valence-corrected chi connectivity index (χ2v) is 7.15. The van der Waals surface area contributed by atoms with E-state index in [1.807, 2.05) is 6.92 Å².